The normalized spacial score (nSPS) is 20.4. The van der Waals surface area contributed by atoms with Crippen molar-refractivity contribution in [3.63, 3.8) is 0 Å². The highest BCUT2D eigenvalue weighted by atomic mass is 32.1. The van der Waals surface area contributed by atoms with Gasteiger partial charge in [-0.2, -0.15) is 0 Å². The van der Waals surface area contributed by atoms with Crippen LogP contribution in [-0.2, 0) is 4.74 Å². The van der Waals surface area contributed by atoms with E-state index in [4.69, 9.17) is 17.0 Å². The Morgan fingerprint density at radius 3 is 2.78 bits per heavy atom. The van der Waals surface area contributed by atoms with Crippen molar-refractivity contribution in [3.05, 3.63) is 30.1 Å². The summed E-state index contributed by atoms with van der Waals surface area (Å²) in [5.41, 5.74) is 0.772. The molecule has 18 heavy (non-hydrogen) atoms. The summed E-state index contributed by atoms with van der Waals surface area (Å²) >= 11 is 5.21. The van der Waals surface area contributed by atoms with Crippen molar-refractivity contribution in [2.45, 2.75) is 31.9 Å². The van der Waals surface area contributed by atoms with Gasteiger partial charge in [0.25, 0.3) is 0 Å². The van der Waals surface area contributed by atoms with Gasteiger partial charge in [0.2, 0.25) is 0 Å². The quantitative estimate of drug-likeness (QED) is 0.826. The molecule has 0 bridgehead atoms. The Balaban J connectivity index is 1.82. The van der Waals surface area contributed by atoms with Gasteiger partial charge in [0.05, 0.1) is 12.1 Å². The van der Waals surface area contributed by atoms with Crippen LogP contribution in [0.25, 0.3) is 0 Å². The largest absolute Gasteiger partial charge is 0.376 e. The highest BCUT2D eigenvalue weighted by molar-refractivity contribution is 7.80. The highest BCUT2D eigenvalue weighted by Gasteiger charge is 2.22. The molecule has 1 aliphatic heterocycles. The molecule has 2 atom stereocenters. The molecular formula is C13H17FN2OS. The minimum Gasteiger partial charge on any atom is -0.376 e. The third-order valence-corrected chi connectivity index (χ3v) is 3.20. The number of benzene rings is 1. The molecule has 1 saturated heterocycles. The molecule has 5 heteroatoms. The maximum absolute atomic E-state index is 12.7. The maximum atomic E-state index is 12.7. The third-order valence-electron chi connectivity index (χ3n) is 2.98. The Bertz CT molecular complexity index is 404. The van der Waals surface area contributed by atoms with Crippen molar-refractivity contribution in [3.8, 4) is 0 Å². The second kappa shape index (κ2) is 6.11. The summed E-state index contributed by atoms with van der Waals surface area (Å²) in [4.78, 5) is 0. The maximum Gasteiger partial charge on any atom is 0.171 e. The number of rotatable bonds is 3. The Morgan fingerprint density at radius 2 is 2.17 bits per heavy atom. The van der Waals surface area contributed by atoms with Crippen molar-refractivity contribution in [1.82, 2.24) is 5.32 Å². The lowest BCUT2D eigenvalue weighted by Crippen LogP contribution is -2.42. The van der Waals surface area contributed by atoms with Gasteiger partial charge >= 0.3 is 0 Å². The first-order valence-electron chi connectivity index (χ1n) is 6.10. The fourth-order valence-electron chi connectivity index (χ4n) is 2.00. The first-order valence-corrected chi connectivity index (χ1v) is 6.50. The van der Waals surface area contributed by atoms with Gasteiger partial charge in [-0.3, -0.25) is 0 Å². The third kappa shape index (κ3) is 3.65. The number of thiocarbonyl (C=S) groups is 1. The van der Waals surface area contributed by atoms with E-state index in [1.807, 2.05) is 0 Å². The molecule has 2 rings (SSSR count). The zero-order chi connectivity index (χ0) is 13.0. The zero-order valence-corrected chi connectivity index (χ0v) is 11.1. The summed E-state index contributed by atoms with van der Waals surface area (Å²) in [6.07, 6.45) is 2.39. The molecule has 0 spiro atoms. The fourth-order valence-corrected chi connectivity index (χ4v) is 2.30. The highest BCUT2D eigenvalue weighted by Crippen LogP contribution is 2.15. The number of nitrogens with one attached hydrogen (secondary N) is 2. The summed E-state index contributed by atoms with van der Waals surface area (Å²) in [6.45, 7) is 2.88. The van der Waals surface area contributed by atoms with E-state index in [9.17, 15) is 4.39 Å². The average molecular weight is 268 g/mol. The summed E-state index contributed by atoms with van der Waals surface area (Å²) < 4.78 is 18.3. The van der Waals surface area contributed by atoms with Crippen LogP contribution in [0, 0.1) is 5.82 Å². The zero-order valence-electron chi connectivity index (χ0n) is 10.3. The average Bonchev–Trinajstić information content (AvgIpc) is 2.85. The Morgan fingerprint density at radius 1 is 1.44 bits per heavy atom. The van der Waals surface area contributed by atoms with Crippen LogP contribution in [-0.4, -0.2) is 23.9 Å². The molecule has 1 heterocycles. The van der Waals surface area contributed by atoms with Crippen LogP contribution in [0.5, 0.6) is 0 Å². The number of ether oxygens (including phenoxy) is 1. The smallest absolute Gasteiger partial charge is 0.171 e. The van der Waals surface area contributed by atoms with Gasteiger partial charge in [0, 0.05) is 12.3 Å². The van der Waals surface area contributed by atoms with Crippen LogP contribution < -0.4 is 10.6 Å². The standard InChI is InChI=1S/C13H17FN2OS/c1-9(12-3-2-8-17-12)15-13(18)16-11-6-4-10(14)5-7-11/h4-7,9,12H,2-3,8H2,1H3,(H2,15,16,18). The van der Waals surface area contributed by atoms with Gasteiger partial charge in [-0.25, -0.2) is 4.39 Å². The lowest BCUT2D eigenvalue weighted by Gasteiger charge is -2.21. The van der Waals surface area contributed by atoms with Gasteiger partial charge in [0.1, 0.15) is 5.82 Å². The molecule has 1 aromatic rings. The molecule has 1 fully saturated rings. The topological polar surface area (TPSA) is 33.3 Å². The second-order valence-corrected chi connectivity index (χ2v) is 4.85. The van der Waals surface area contributed by atoms with Crippen molar-refractivity contribution in [1.29, 1.82) is 0 Å². The second-order valence-electron chi connectivity index (χ2n) is 4.45. The lowest BCUT2D eigenvalue weighted by molar-refractivity contribution is 0.0895. The molecule has 0 aromatic heterocycles. The summed E-state index contributed by atoms with van der Waals surface area (Å²) in [6, 6.07) is 6.27. The number of hydrogen-bond donors (Lipinski definition) is 2. The monoisotopic (exact) mass is 268 g/mol. The minimum absolute atomic E-state index is 0.174. The van der Waals surface area contributed by atoms with Gasteiger partial charge in [-0.1, -0.05) is 0 Å². The summed E-state index contributed by atoms with van der Waals surface area (Å²) in [5, 5.41) is 6.74. The van der Waals surface area contributed by atoms with Gasteiger partial charge < -0.3 is 15.4 Å². The van der Waals surface area contributed by atoms with Gasteiger partial charge in [-0.05, 0) is 56.2 Å². The van der Waals surface area contributed by atoms with E-state index in [2.05, 4.69) is 17.6 Å². The van der Waals surface area contributed by atoms with Gasteiger partial charge in [0.15, 0.2) is 5.11 Å². The van der Waals surface area contributed by atoms with E-state index in [0.717, 1.165) is 25.1 Å². The predicted molar refractivity (Wildman–Crippen MR) is 74.2 cm³/mol. The van der Waals surface area contributed by atoms with E-state index >= 15 is 0 Å². The summed E-state index contributed by atoms with van der Waals surface area (Å²) in [7, 11) is 0. The van der Waals surface area contributed by atoms with Crippen LogP contribution in [0.1, 0.15) is 19.8 Å². The van der Waals surface area contributed by atoms with Crippen molar-refractivity contribution >= 4 is 23.0 Å². The lowest BCUT2D eigenvalue weighted by atomic mass is 10.1. The van der Waals surface area contributed by atoms with E-state index in [1.54, 1.807) is 12.1 Å². The van der Waals surface area contributed by atoms with Crippen molar-refractivity contribution in [2.24, 2.45) is 0 Å². The molecule has 1 aromatic carbocycles. The van der Waals surface area contributed by atoms with Crippen LogP contribution in [0.2, 0.25) is 0 Å². The molecule has 3 nitrogen and oxygen atoms in total. The Hall–Kier alpha value is -1.20. The molecular weight excluding hydrogens is 251 g/mol. The van der Waals surface area contributed by atoms with Crippen LogP contribution >= 0.6 is 12.2 Å². The van der Waals surface area contributed by atoms with E-state index < -0.39 is 0 Å². The number of anilines is 1. The van der Waals surface area contributed by atoms with Gasteiger partial charge in [-0.15, -0.1) is 0 Å². The summed E-state index contributed by atoms with van der Waals surface area (Å²) in [5.74, 6) is -0.257. The molecule has 2 unspecified atom stereocenters. The SMILES string of the molecule is CC(NC(=S)Nc1ccc(F)cc1)C1CCCO1. The molecule has 0 aliphatic carbocycles. The molecule has 1 aliphatic rings. The van der Waals surface area contributed by atoms with E-state index in [0.29, 0.717) is 5.11 Å². The molecule has 98 valence electrons. The molecule has 0 amide bonds. The minimum atomic E-state index is -0.257. The Labute approximate surface area is 112 Å². The Kier molecular flexibility index (Phi) is 4.49. The van der Waals surface area contributed by atoms with Crippen molar-refractivity contribution in [2.75, 3.05) is 11.9 Å². The number of hydrogen-bond acceptors (Lipinski definition) is 2. The predicted octanol–water partition coefficient (Wildman–Crippen LogP) is 2.68. The first kappa shape index (κ1) is 13.2. The number of halogens is 1. The molecule has 0 radical (unpaired) electrons. The van der Waals surface area contributed by atoms with Crippen molar-refractivity contribution < 1.29 is 9.13 Å². The molecule has 0 saturated carbocycles. The van der Waals surface area contributed by atoms with Crippen LogP contribution in [0.3, 0.4) is 0 Å². The van der Waals surface area contributed by atoms with E-state index in [1.165, 1.54) is 12.1 Å². The van der Waals surface area contributed by atoms with Crippen LogP contribution in [0.4, 0.5) is 10.1 Å². The fraction of sp³-hybridized carbons (Fsp3) is 0.462. The molecule has 2 N–H and O–H groups in total. The van der Waals surface area contributed by atoms with Crippen LogP contribution in [0.15, 0.2) is 24.3 Å². The first-order chi connectivity index (χ1) is 8.65. The van der Waals surface area contributed by atoms with E-state index in [-0.39, 0.29) is 18.0 Å².